The topological polar surface area (TPSA) is 58.4 Å². The fourth-order valence-electron chi connectivity index (χ4n) is 1.95. The first kappa shape index (κ1) is 14.8. The van der Waals surface area contributed by atoms with E-state index in [1.165, 1.54) is 0 Å². The molecule has 1 aliphatic rings. The first-order chi connectivity index (χ1) is 8.16. The molecule has 0 unspecified atom stereocenters. The Morgan fingerprint density at radius 2 is 2.06 bits per heavy atom. The quantitative estimate of drug-likeness (QED) is 0.683. The molecule has 5 heteroatoms. The number of nitrogens with one attached hydrogen (secondary N) is 1. The average molecular weight is 259 g/mol. The molecule has 1 heterocycles. The first-order valence-electron chi connectivity index (χ1n) is 6.46. The van der Waals surface area contributed by atoms with Crippen molar-refractivity contribution in [1.82, 2.24) is 10.2 Å². The predicted octanol–water partition coefficient (Wildman–Crippen LogP) is 0.525. The summed E-state index contributed by atoms with van der Waals surface area (Å²) in [5.41, 5.74) is 5.47. The van der Waals surface area contributed by atoms with Gasteiger partial charge >= 0.3 is 0 Å². The molecule has 0 saturated carbocycles. The summed E-state index contributed by atoms with van der Waals surface area (Å²) in [5, 5.41) is 3.34. The lowest BCUT2D eigenvalue weighted by atomic mass is 10.0. The molecule has 0 spiro atoms. The maximum Gasteiger partial charge on any atom is 0.240 e. The Morgan fingerprint density at radius 1 is 1.41 bits per heavy atom. The Hall–Kier alpha value is -0.260. The molecule has 1 atom stereocenters. The molecule has 0 aromatic carbocycles. The van der Waals surface area contributed by atoms with Gasteiger partial charge in [-0.3, -0.25) is 4.79 Å². The third kappa shape index (κ3) is 4.85. The predicted molar refractivity (Wildman–Crippen MR) is 74.2 cm³/mol. The van der Waals surface area contributed by atoms with Crippen molar-refractivity contribution in [3.8, 4) is 0 Å². The minimum Gasteiger partial charge on any atom is -0.340 e. The van der Waals surface area contributed by atoms with Crippen LogP contribution in [0.1, 0.15) is 20.3 Å². The highest BCUT2D eigenvalue weighted by atomic mass is 32.2. The van der Waals surface area contributed by atoms with Crippen LogP contribution in [0.3, 0.4) is 0 Å². The number of carbonyl (C=O) groups excluding carboxylic acids is 1. The molecule has 1 amide bonds. The van der Waals surface area contributed by atoms with E-state index in [1.54, 1.807) is 0 Å². The van der Waals surface area contributed by atoms with Gasteiger partial charge in [-0.15, -0.1) is 0 Å². The molecule has 100 valence electrons. The second-order valence-corrected chi connectivity index (χ2v) is 5.98. The van der Waals surface area contributed by atoms with Gasteiger partial charge in [-0.2, -0.15) is 11.8 Å². The van der Waals surface area contributed by atoms with Crippen LogP contribution in [0.15, 0.2) is 0 Å². The van der Waals surface area contributed by atoms with Crippen LogP contribution in [0.4, 0.5) is 0 Å². The van der Waals surface area contributed by atoms with E-state index in [2.05, 4.69) is 19.2 Å². The number of hydrogen-bond acceptors (Lipinski definition) is 4. The van der Waals surface area contributed by atoms with Gasteiger partial charge in [0.05, 0.1) is 6.04 Å². The van der Waals surface area contributed by atoms with Gasteiger partial charge in [0.25, 0.3) is 0 Å². The summed E-state index contributed by atoms with van der Waals surface area (Å²) in [6.45, 7) is 7.48. The SMILES string of the molecule is CC(C)[C@H](NCCCN)C(=O)N1CCSCC1. The van der Waals surface area contributed by atoms with Crippen LogP contribution in [-0.2, 0) is 4.79 Å². The molecule has 0 aromatic heterocycles. The lowest BCUT2D eigenvalue weighted by Crippen LogP contribution is -2.51. The summed E-state index contributed by atoms with van der Waals surface area (Å²) in [7, 11) is 0. The Kier molecular flexibility index (Phi) is 6.92. The van der Waals surface area contributed by atoms with E-state index in [4.69, 9.17) is 5.73 Å². The fraction of sp³-hybridized carbons (Fsp3) is 0.917. The van der Waals surface area contributed by atoms with E-state index in [9.17, 15) is 4.79 Å². The van der Waals surface area contributed by atoms with Crippen molar-refractivity contribution in [2.45, 2.75) is 26.3 Å². The molecule has 4 nitrogen and oxygen atoms in total. The molecular formula is C12H25N3OS. The molecular weight excluding hydrogens is 234 g/mol. The number of carbonyl (C=O) groups is 1. The Labute approximate surface area is 109 Å². The van der Waals surface area contributed by atoms with Crippen LogP contribution >= 0.6 is 11.8 Å². The van der Waals surface area contributed by atoms with Gasteiger partial charge in [0, 0.05) is 24.6 Å². The van der Waals surface area contributed by atoms with E-state index in [-0.39, 0.29) is 11.9 Å². The van der Waals surface area contributed by atoms with Gasteiger partial charge in [-0.05, 0) is 25.4 Å². The second-order valence-electron chi connectivity index (χ2n) is 4.76. The van der Waals surface area contributed by atoms with Gasteiger partial charge in [-0.1, -0.05) is 13.8 Å². The molecule has 1 aliphatic heterocycles. The molecule has 0 aromatic rings. The summed E-state index contributed by atoms with van der Waals surface area (Å²) in [5.74, 6) is 2.73. The lowest BCUT2D eigenvalue weighted by molar-refractivity contribution is -0.134. The molecule has 3 N–H and O–H groups in total. The third-order valence-electron chi connectivity index (χ3n) is 3.00. The summed E-state index contributed by atoms with van der Waals surface area (Å²) >= 11 is 1.93. The highest BCUT2D eigenvalue weighted by molar-refractivity contribution is 7.99. The summed E-state index contributed by atoms with van der Waals surface area (Å²) in [6.07, 6.45) is 0.923. The van der Waals surface area contributed by atoms with E-state index in [1.807, 2.05) is 16.7 Å². The summed E-state index contributed by atoms with van der Waals surface area (Å²) < 4.78 is 0. The number of rotatable bonds is 6. The van der Waals surface area contributed by atoms with E-state index in [0.29, 0.717) is 12.5 Å². The molecule has 0 aliphatic carbocycles. The molecule has 1 saturated heterocycles. The third-order valence-corrected chi connectivity index (χ3v) is 3.94. The van der Waals surface area contributed by atoms with Crippen LogP contribution in [0.2, 0.25) is 0 Å². The maximum absolute atomic E-state index is 12.4. The highest BCUT2D eigenvalue weighted by Crippen LogP contribution is 2.13. The molecule has 1 rings (SSSR count). The Bertz CT molecular complexity index is 230. The Balaban J connectivity index is 2.46. The van der Waals surface area contributed by atoms with Gasteiger partial charge in [0.15, 0.2) is 0 Å². The number of nitrogens with two attached hydrogens (primary N) is 1. The minimum atomic E-state index is -0.0513. The van der Waals surface area contributed by atoms with Gasteiger partial charge in [0.1, 0.15) is 0 Å². The zero-order chi connectivity index (χ0) is 12.7. The van der Waals surface area contributed by atoms with Crippen molar-refractivity contribution < 1.29 is 4.79 Å². The van der Waals surface area contributed by atoms with E-state index >= 15 is 0 Å². The largest absolute Gasteiger partial charge is 0.340 e. The molecule has 0 bridgehead atoms. The fourth-order valence-corrected chi connectivity index (χ4v) is 2.85. The first-order valence-corrected chi connectivity index (χ1v) is 7.62. The van der Waals surface area contributed by atoms with Gasteiger partial charge < -0.3 is 16.0 Å². The van der Waals surface area contributed by atoms with Crippen molar-refractivity contribution in [1.29, 1.82) is 0 Å². The van der Waals surface area contributed by atoms with E-state index in [0.717, 1.165) is 37.6 Å². The maximum atomic E-state index is 12.4. The van der Waals surface area contributed by atoms with Crippen LogP contribution in [-0.4, -0.2) is 54.5 Å². The number of amides is 1. The average Bonchev–Trinajstić information content (AvgIpc) is 2.34. The summed E-state index contributed by atoms with van der Waals surface area (Å²) in [4.78, 5) is 14.4. The molecule has 17 heavy (non-hydrogen) atoms. The number of nitrogens with zero attached hydrogens (tertiary/aromatic N) is 1. The normalized spacial score (nSPS) is 18.5. The van der Waals surface area contributed by atoms with Crippen molar-refractivity contribution in [3.05, 3.63) is 0 Å². The van der Waals surface area contributed by atoms with Crippen LogP contribution in [0.25, 0.3) is 0 Å². The standard InChI is InChI=1S/C12H25N3OS/c1-10(2)11(14-5-3-4-13)12(16)15-6-8-17-9-7-15/h10-11,14H,3-9,13H2,1-2H3/t11-/m0/s1. The van der Waals surface area contributed by atoms with Crippen molar-refractivity contribution in [3.63, 3.8) is 0 Å². The zero-order valence-electron chi connectivity index (χ0n) is 10.9. The number of hydrogen-bond donors (Lipinski definition) is 2. The van der Waals surface area contributed by atoms with Crippen molar-refractivity contribution in [2.24, 2.45) is 11.7 Å². The van der Waals surface area contributed by atoms with Crippen LogP contribution < -0.4 is 11.1 Å². The molecule has 1 fully saturated rings. The highest BCUT2D eigenvalue weighted by Gasteiger charge is 2.27. The van der Waals surface area contributed by atoms with Gasteiger partial charge in [0.2, 0.25) is 5.91 Å². The second kappa shape index (κ2) is 7.95. The number of thioether (sulfide) groups is 1. The van der Waals surface area contributed by atoms with Gasteiger partial charge in [-0.25, -0.2) is 0 Å². The molecule has 0 radical (unpaired) electrons. The van der Waals surface area contributed by atoms with Crippen molar-refractivity contribution >= 4 is 17.7 Å². The smallest absolute Gasteiger partial charge is 0.240 e. The monoisotopic (exact) mass is 259 g/mol. The summed E-state index contributed by atoms with van der Waals surface area (Å²) in [6, 6.07) is -0.0513. The van der Waals surface area contributed by atoms with Crippen LogP contribution in [0.5, 0.6) is 0 Å². The van der Waals surface area contributed by atoms with Crippen LogP contribution in [0, 0.1) is 5.92 Å². The zero-order valence-corrected chi connectivity index (χ0v) is 11.8. The van der Waals surface area contributed by atoms with Crippen molar-refractivity contribution in [2.75, 3.05) is 37.7 Å². The minimum absolute atomic E-state index is 0.0513. The Morgan fingerprint density at radius 3 is 2.59 bits per heavy atom. The van der Waals surface area contributed by atoms with E-state index < -0.39 is 0 Å². The lowest BCUT2D eigenvalue weighted by Gasteiger charge is -2.32.